The quantitative estimate of drug-likeness (QED) is 0.525. The van der Waals surface area contributed by atoms with Gasteiger partial charge in [-0.25, -0.2) is 4.98 Å². The van der Waals surface area contributed by atoms with Crippen molar-refractivity contribution in [3.8, 4) is 22.6 Å². The molecule has 0 aliphatic heterocycles. The van der Waals surface area contributed by atoms with Crippen LogP contribution in [0.5, 0.6) is 0 Å². The van der Waals surface area contributed by atoms with E-state index in [0.717, 1.165) is 34.4 Å². The van der Waals surface area contributed by atoms with Crippen LogP contribution in [-0.2, 0) is 11.2 Å². The molecule has 4 heteroatoms. The van der Waals surface area contributed by atoms with E-state index in [1.54, 1.807) is 0 Å². The van der Waals surface area contributed by atoms with Gasteiger partial charge >= 0.3 is 0 Å². The number of aryl methyl sites for hydroxylation is 1. The Morgan fingerprint density at radius 1 is 1.03 bits per heavy atom. The molecular weight excluding hydrogens is 384 g/mol. The van der Waals surface area contributed by atoms with Gasteiger partial charge in [0.15, 0.2) is 11.7 Å². The Morgan fingerprint density at radius 2 is 1.74 bits per heavy atom. The van der Waals surface area contributed by atoms with Gasteiger partial charge in [-0.1, -0.05) is 67.1 Å². The van der Waals surface area contributed by atoms with E-state index in [1.165, 1.54) is 25.7 Å². The summed E-state index contributed by atoms with van der Waals surface area (Å²) in [7, 11) is 0. The third-order valence-corrected chi connectivity index (χ3v) is 7.14. The van der Waals surface area contributed by atoms with Crippen LogP contribution in [0.4, 0.5) is 0 Å². The molecular formula is C27H30N2O2. The molecule has 1 N–H and O–H groups in total. The molecule has 4 atom stereocenters. The number of aromatic nitrogens is 1. The minimum absolute atomic E-state index is 0.0935. The van der Waals surface area contributed by atoms with Crippen LogP contribution in [-0.4, -0.2) is 16.9 Å². The highest BCUT2D eigenvalue weighted by Crippen LogP contribution is 2.49. The fourth-order valence-corrected chi connectivity index (χ4v) is 5.61. The van der Waals surface area contributed by atoms with Crippen molar-refractivity contribution in [2.24, 2.45) is 17.8 Å². The third kappa shape index (κ3) is 4.30. The molecule has 2 aliphatic rings. The third-order valence-electron chi connectivity index (χ3n) is 7.14. The minimum atomic E-state index is 0.0935. The zero-order chi connectivity index (χ0) is 21.2. The van der Waals surface area contributed by atoms with Crippen LogP contribution in [0.1, 0.15) is 44.9 Å². The molecule has 4 nitrogen and oxygen atoms in total. The van der Waals surface area contributed by atoms with Crippen molar-refractivity contribution in [1.29, 1.82) is 0 Å². The van der Waals surface area contributed by atoms with Crippen LogP contribution < -0.4 is 5.32 Å². The fourth-order valence-electron chi connectivity index (χ4n) is 5.61. The van der Waals surface area contributed by atoms with Gasteiger partial charge < -0.3 is 9.73 Å². The Morgan fingerprint density at radius 3 is 2.39 bits per heavy atom. The number of amides is 1. The molecule has 1 aromatic heterocycles. The molecule has 0 spiro atoms. The van der Waals surface area contributed by atoms with Gasteiger partial charge in [0.05, 0.1) is 0 Å². The molecule has 2 saturated carbocycles. The van der Waals surface area contributed by atoms with E-state index < -0.39 is 0 Å². The van der Waals surface area contributed by atoms with Crippen molar-refractivity contribution in [3.63, 3.8) is 0 Å². The zero-order valence-corrected chi connectivity index (χ0v) is 18.1. The van der Waals surface area contributed by atoms with Crippen LogP contribution in [0.3, 0.4) is 0 Å². The van der Waals surface area contributed by atoms with E-state index in [9.17, 15) is 4.79 Å². The second-order valence-corrected chi connectivity index (χ2v) is 9.21. The molecule has 2 bridgehead atoms. The number of benzene rings is 2. The molecule has 31 heavy (non-hydrogen) atoms. The zero-order valence-electron chi connectivity index (χ0n) is 18.1. The van der Waals surface area contributed by atoms with Crippen molar-refractivity contribution >= 4 is 5.91 Å². The molecule has 0 radical (unpaired) electrons. The molecule has 2 fully saturated rings. The molecule has 2 aliphatic carbocycles. The summed E-state index contributed by atoms with van der Waals surface area (Å²) < 4.78 is 6.16. The highest BCUT2D eigenvalue weighted by Gasteiger charge is 2.42. The summed E-state index contributed by atoms with van der Waals surface area (Å²) in [5.74, 6) is 3.83. The summed E-state index contributed by atoms with van der Waals surface area (Å²) in [6.07, 6.45) is 6.28. The summed E-state index contributed by atoms with van der Waals surface area (Å²) in [4.78, 5) is 17.4. The first-order chi connectivity index (χ1) is 15.2. The number of carbonyl (C=O) groups excluding carboxylic acids is 1. The highest BCUT2D eigenvalue weighted by molar-refractivity contribution is 5.78. The Bertz CT molecular complexity index is 971. The largest absolute Gasteiger partial charge is 0.440 e. The number of hydrogen-bond donors (Lipinski definition) is 1. The summed E-state index contributed by atoms with van der Waals surface area (Å²) in [6.45, 7) is 2.18. The van der Waals surface area contributed by atoms with Crippen LogP contribution >= 0.6 is 0 Å². The average Bonchev–Trinajstić information content (AvgIpc) is 3.55. The second kappa shape index (κ2) is 8.70. The first-order valence-corrected chi connectivity index (χ1v) is 11.6. The van der Waals surface area contributed by atoms with E-state index in [-0.39, 0.29) is 11.9 Å². The van der Waals surface area contributed by atoms with Gasteiger partial charge in [0.25, 0.3) is 0 Å². The molecule has 0 unspecified atom stereocenters. The molecule has 5 rings (SSSR count). The molecule has 1 heterocycles. The van der Waals surface area contributed by atoms with Gasteiger partial charge in [0.1, 0.15) is 5.69 Å². The van der Waals surface area contributed by atoms with Crippen LogP contribution in [0.2, 0.25) is 0 Å². The predicted octanol–water partition coefficient (Wildman–Crippen LogP) is 5.88. The van der Waals surface area contributed by atoms with Crippen molar-refractivity contribution in [3.05, 3.63) is 66.6 Å². The number of rotatable bonds is 7. The SMILES string of the molecule is C[C@@H](NC(=O)CCc1nc(-c2ccccc2)c(-c2ccccc2)o1)[C@H]1C[C@H]2CC[C@H]1C2. The minimum Gasteiger partial charge on any atom is -0.440 e. The lowest BCUT2D eigenvalue weighted by Gasteiger charge is -2.28. The maximum atomic E-state index is 12.6. The Kier molecular flexibility index (Phi) is 5.63. The monoisotopic (exact) mass is 414 g/mol. The molecule has 3 aromatic rings. The summed E-state index contributed by atoms with van der Waals surface area (Å²) in [5.41, 5.74) is 2.85. The lowest BCUT2D eigenvalue weighted by Crippen LogP contribution is -2.40. The maximum Gasteiger partial charge on any atom is 0.220 e. The van der Waals surface area contributed by atoms with Crippen molar-refractivity contribution in [2.45, 2.75) is 51.5 Å². The molecule has 1 amide bonds. The fraction of sp³-hybridized carbons (Fsp3) is 0.407. The number of nitrogens with one attached hydrogen (secondary N) is 1. The predicted molar refractivity (Wildman–Crippen MR) is 122 cm³/mol. The van der Waals surface area contributed by atoms with Crippen LogP contribution in [0, 0.1) is 17.8 Å². The number of oxazole rings is 1. The van der Waals surface area contributed by atoms with E-state index in [0.29, 0.717) is 24.7 Å². The van der Waals surface area contributed by atoms with Gasteiger partial charge in [0.2, 0.25) is 5.91 Å². The second-order valence-electron chi connectivity index (χ2n) is 9.21. The van der Waals surface area contributed by atoms with Crippen LogP contribution in [0.25, 0.3) is 22.6 Å². The number of carbonyl (C=O) groups is 1. The van der Waals surface area contributed by atoms with E-state index in [1.807, 2.05) is 60.7 Å². The van der Waals surface area contributed by atoms with Gasteiger partial charge in [0, 0.05) is 30.0 Å². The van der Waals surface area contributed by atoms with E-state index in [2.05, 4.69) is 12.2 Å². The molecule has 2 aromatic carbocycles. The van der Waals surface area contributed by atoms with Gasteiger partial charge in [-0.2, -0.15) is 0 Å². The Balaban J connectivity index is 1.27. The number of hydrogen-bond acceptors (Lipinski definition) is 3. The lowest BCUT2D eigenvalue weighted by atomic mass is 9.84. The maximum absolute atomic E-state index is 12.6. The Labute approximate surface area is 184 Å². The van der Waals surface area contributed by atoms with E-state index >= 15 is 0 Å². The first-order valence-electron chi connectivity index (χ1n) is 11.6. The first kappa shape index (κ1) is 20.0. The number of fused-ring (bicyclic) bond motifs is 2. The smallest absolute Gasteiger partial charge is 0.220 e. The molecule has 160 valence electrons. The normalized spacial score (nSPS) is 23.1. The average molecular weight is 415 g/mol. The van der Waals surface area contributed by atoms with Crippen molar-refractivity contribution < 1.29 is 9.21 Å². The summed E-state index contributed by atoms with van der Waals surface area (Å²) >= 11 is 0. The van der Waals surface area contributed by atoms with Gasteiger partial charge in [-0.05, 0) is 43.9 Å². The molecule has 0 saturated heterocycles. The van der Waals surface area contributed by atoms with Gasteiger partial charge in [-0.15, -0.1) is 0 Å². The van der Waals surface area contributed by atoms with E-state index in [4.69, 9.17) is 9.40 Å². The standard InChI is InChI=1S/C27H30N2O2/c1-18(23-17-19-12-13-22(23)16-19)28-24(30)14-15-25-29-26(20-8-4-2-5-9-20)27(31-25)21-10-6-3-7-11-21/h2-11,18-19,22-23H,12-17H2,1H3,(H,28,30)/t18-,19+,22+,23-/m1/s1. The summed E-state index contributed by atoms with van der Waals surface area (Å²) in [5, 5.41) is 3.25. The summed E-state index contributed by atoms with van der Waals surface area (Å²) in [6, 6.07) is 20.4. The van der Waals surface area contributed by atoms with Crippen molar-refractivity contribution in [2.75, 3.05) is 0 Å². The Hall–Kier alpha value is -2.88. The van der Waals surface area contributed by atoms with Gasteiger partial charge in [-0.3, -0.25) is 4.79 Å². The van der Waals surface area contributed by atoms with Crippen molar-refractivity contribution in [1.82, 2.24) is 10.3 Å². The lowest BCUT2D eigenvalue weighted by molar-refractivity contribution is -0.122. The highest BCUT2D eigenvalue weighted by atomic mass is 16.4. The van der Waals surface area contributed by atoms with Crippen LogP contribution in [0.15, 0.2) is 65.1 Å². The topological polar surface area (TPSA) is 55.1 Å². The number of nitrogens with zero attached hydrogens (tertiary/aromatic N) is 1.